The van der Waals surface area contributed by atoms with E-state index in [1.165, 1.54) is 7.11 Å². The zero-order valence-electron chi connectivity index (χ0n) is 10.6. The molecule has 0 atom stereocenters. The molecule has 19 heavy (non-hydrogen) atoms. The summed E-state index contributed by atoms with van der Waals surface area (Å²) in [5.41, 5.74) is 2.40. The summed E-state index contributed by atoms with van der Waals surface area (Å²) < 4.78 is 4.63. The molecular formula is C15H15NO3. The molecule has 0 aromatic heterocycles. The number of rotatable bonds is 4. The quantitative estimate of drug-likeness (QED) is 0.827. The van der Waals surface area contributed by atoms with Crippen molar-refractivity contribution in [3.63, 3.8) is 0 Å². The number of phenols is 1. The molecule has 4 heteroatoms. The van der Waals surface area contributed by atoms with E-state index in [4.69, 9.17) is 0 Å². The predicted molar refractivity (Wildman–Crippen MR) is 73.2 cm³/mol. The second-order valence-electron chi connectivity index (χ2n) is 4.09. The molecule has 0 bridgehead atoms. The Morgan fingerprint density at radius 1 is 1.21 bits per heavy atom. The van der Waals surface area contributed by atoms with Gasteiger partial charge < -0.3 is 15.2 Å². The zero-order chi connectivity index (χ0) is 13.7. The summed E-state index contributed by atoms with van der Waals surface area (Å²) in [6, 6.07) is 14.1. The molecule has 0 amide bonds. The molecule has 0 aliphatic rings. The van der Waals surface area contributed by atoms with Gasteiger partial charge in [-0.3, -0.25) is 0 Å². The second-order valence-corrected chi connectivity index (χ2v) is 4.09. The number of hydrogen-bond donors (Lipinski definition) is 2. The van der Waals surface area contributed by atoms with Gasteiger partial charge in [0.2, 0.25) is 0 Å². The van der Waals surface area contributed by atoms with Crippen LogP contribution in [0.3, 0.4) is 0 Å². The van der Waals surface area contributed by atoms with E-state index in [0.717, 1.165) is 11.3 Å². The van der Waals surface area contributed by atoms with Crippen LogP contribution < -0.4 is 5.32 Å². The van der Waals surface area contributed by atoms with Gasteiger partial charge in [-0.1, -0.05) is 12.1 Å². The Labute approximate surface area is 111 Å². The third kappa shape index (κ3) is 3.48. The van der Waals surface area contributed by atoms with Crippen molar-refractivity contribution in [1.29, 1.82) is 0 Å². The molecule has 2 aromatic carbocycles. The normalized spacial score (nSPS) is 9.95. The lowest BCUT2D eigenvalue weighted by atomic mass is 10.2. The lowest BCUT2D eigenvalue weighted by Gasteiger charge is -2.07. The number of aromatic hydroxyl groups is 1. The van der Waals surface area contributed by atoms with E-state index in [0.29, 0.717) is 12.1 Å². The van der Waals surface area contributed by atoms with Gasteiger partial charge in [-0.25, -0.2) is 4.79 Å². The largest absolute Gasteiger partial charge is 0.508 e. The molecule has 2 rings (SSSR count). The van der Waals surface area contributed by atoms with Crippen LogP contribution in [-0.2, 0) is 11.3 Å². The first kappa shape index (κ1) is 13.0. The number of carbonyl (C=O) groups excluding carboxylic acids is 1. The van der Waals surface area contributed by atoms with Crippen LogP contribution in [0.15, 0.2) is 48.5 Å². The first-order valence-electron chi connectivity index (χ1n) is 5.89. The Morgan fingerprint density at radius 2 is 1.95 bits per heavy atom. The summed E-state index contributed by atoms with van der Waals surface area (Å²) in [7, 11) is 1.36. The van der Waals surface area contributed by atoms with Crippen molar-refractivity contribution in [2.24, 2.45) is 0 Å². The van der Waals surface area contributed by atoms with E-state index in [1.54, 1.807) is 30.3 Å². The number of benzene rings is 2. The number of hydrogen-bond acceptors (Lipinski definition) is 4. The summed E-state index contributed by atoms with van der Waals surface area (Å²) >= 11 is 0. The van der Waals surface area contributed by atoms with Crippen LogP contribution in [0.25, 0.3) is 0 Å². The average molecular weight is 257 g/mol. The predicted octanol–water partition coefficient (Wildman–Crippen LogP) is 2.79. The maximum absolute atomic E-state index is 11.3. The van der Waals surface area contributed by atoms with Gasteiger partial charge >= 0.3 is 5.97 Å². The highest BCUT2D eigenvalue weighted by molar-refractivity contribution is 5.89. The molecule has 0 saturated heterocycles. The van der Waals surface area contributed by atoms with Crippen molar-refractivity contribution in [2.75, 3.05) is 12.4 Å². The maximum atomic E-state index is 11.3. The third-order valence-corrected chi connectivity index (χ3v) is 2.71. The second kappa shape index (κ2) is 5.91. The molecule has 2 aromatic rings. The molecule has 0 spiro atoms. The fourth-order valence-electron chi connectivity index (χ4n) is 1.71. The maximum Gasteiger partial charge on any atom is 0.337 e. The number of carbonyl (C=O) groups is 1. The van der Waals surface area contributed by atoms with E-state index < -0.39 is 0 Å². The van der Waals surface area contributed by atoms with Crippen molar-refractivity contribution in [3.05, 3.63) is 59.7 Å². The summed E-state index contributed by atoms with van der Waals surface area (Å²) in [5, 5.41) is 12.6. The number of anilines is 1. The van der Waals surface area contributed by atoms with Crippen molar-refractivity contribution < 1.29 is 14.6 Å². The van der Waals surface area contributed by atoms with Gasteiger partial charge in [0.25, 0.3) is 0 Å². The van der Waals surface area contributed by atoms with E-state index in [1.807, 2.05) is 18.2 Å². The van der Waals surface area contributed by atoms with Crippen LogP contribution in [0.5, 0.6) is 5.75 Å². The van der Waals surface area contributed by atoms with Crippen molar-refractivity contribution in [1.82, 2.24) is 0 Å². The number of nitrogens with one attached hydrogen (secondary N) is 1. The smallest absolute Gasteiger partial charge is 0.337 e. The van der Waals surface area contributed by atoms with Crippen LogP contribution in [0, 0.1) is 0 Å². The lowest BCUT2D eigenvalue weighted by Crippen LogP contribution is -2.02. The van der Waals surface area contributed by atoms with Crippen LogP contribution in [0.4, 0.5) is 5.69 Å². The van der Waals surface area contributed by atoms with Gasteiger partial charge in [0, 0.05) is 12.2 Å². The van der Waals surface area contributed by atoms with Crippen LogP contribution in [-0.4, -0.2) is 18.2 Å². The minimum Gasteiger partial charge on any atom is -0.508 e. The molecule has 0 radical (unpaired) electrons. The Balaban J connectivity index is 1.98. The molecule has 0 aliphatic heterocycles. The van der Waals surface area contributed by atoms with Crippen molar-refractivity contribution >= 4 is 11.7 Å². The van der Waals surface area contributed by atoms with Crippen molar-refractivity contribution in [2.45, 2.75) is 6.54 Å². The number of phenolic OH excluding ortho intramolecular Hbond substituents is 1. The topological polar surface area (TPSA) is 58.6 Å². The summed E-state index contributed by atoms with van der Waals surface area (Å²) in [6.07, 6.45) is 0. The SMILES string of the molecule is COC(=O)c1ccc(NCc2cccc(O)c2)cc1. The van der Waals surface area contributed by atoms with E-state index in [9.17, 15) is 9.90 Å². The zero-order valence-corrected chi connectivity index (χ0v) is 10.6. The van der Waals surface area contributed by atoms with Gasteiger partial charge in [-0.2, -0.15) is 0 Å². The van der Waals surface area contributed by atoms with Crippen LogP contribution >= 0.6 is 0 Å². The molecule has 4 nitrogen and oxygen atoms in total. The molecule has 0 heterocycles. The monoisotopic (exact) mass is 257 g/mol. The number of ether oxygens (including phenoxy) is 1. The minimum atomic E-state index is -0.348. The number of esters is 1. The third-order valence-electron chi connectivity index (χ3n) is 2.71. The summed E-state index contributed by atoms with van der Waals surface area (Å²) in [6.45, 7) is 0.603. The van der Waals surface area contributed by atoms with Gasteiger partial charge in [0.05, 0.1) is 12.7 Å². The molecule has 0 aliphatic carbocycles. The molecular weight excluding hydrogens is 242 g/mol. The van der Waals surface area contributed by atoms with E-state index in [-0.39, 0.29) is 11.7 Å². The first-order valence-corrected chi connectivity index (χ1v) is 5.89. The van der Waals surface area contributed by atoms with Crippen LogP contribution in [0.2, 0.25) is 0 Å². The lowest BCUT2D eigenvalue weighted by molar-refractivity contribution is 0.0601. The molecule has 0 saturated carbocycles. The average Bonchev–Trinajstić information content (AvgIpc) is 2.45. The highest BCUT2D eigenvalue weighted by Gasteiger charge is 2.04. The fourth-order valence-corrected chi connectivity index (χ4v) is 1.71. The van der Waals surface area contributed by atoms with Gasteiger partial charge in [-0.15, -0.1) is 0 Å². The Morgan fingerprint density at radius 3 is 2.58 bits per heavy atom. The highest BCUT2D eigenvalue weighted by atomic mass is 16.5. The van der Waals surface area contributed by atoms with Gasteiger partial charge in [0.15, 0.2) is 0 Å². The molecule has 2 N–H and O–H groups in total. The molecule has 0 fully saturated rings. The fraction of sp³-hybridized carbons (Fsp3) is 0.133. The summed E-state index contributed by atoms with van der Waals surface area (Å²) in [5.74, 6) is -0.0973. The van der Waals surface area contributed by atoms with E-state index in [2.05, 4.69) is 10.1 Å². The van der Waals surface area contributed by atoms with Crippen LogP contribution in [0.1, 0.15) is 15.9 Å². The van der Waals surface area contributed by atoms with Gasteiger partial charge in [0.1, 0.15) is 5.75 Å². The van der Waals surface area contributed by atoms with E-state index >= 15 is 0 Å². The standard InChI is InChI=1S/C15H15NO3/c1-19-15(18)12-5-7-13(8-6-12)16-10-11-3-2-4-14(17)9-11/h2-9,16-17H,10H2,1H3. The number of methoxy groups -OCH3 is 1. The minimum absolute atomic E-state index is 0.250. The Kier molecular flexibility index (Phi) is 4.03. The Hall–Kier alpha value is -2.49. The van der Waals surface area contributed by atoms with Gasteiger partial charge in [-0.05, 0) is 42.0 Å². The molecule has 98 valence electrons. The first-order chi connectivity index (χ1) is 9.19. The van der Waals surface area contributed by atoms with Crippen molar-refractivity contribution in [3.8, 4) is 5.75 Å². The Bertz CT molecular complexity index is 564. The molecule has 0 unspecified atom stereocenters. The highest BCUT2D eigenvalue weighted by Crippen LogP contribution is 2.14. The summed E-state index contributed by atoms with van der Waals surface area (Å²) in [4.78, 5) is 11.3.